The highest BCUT2D eigenvalue weighted by atomic mass is 19.4. The highest BCUT2D eigenvalue weighted by molar-refractivity contribution is 5.64. The maximum atomic E-state index is 12.9. The Morgan fingerprint density at radius 1 is 1.35 bits per heavy atom. The van der Waals surface area contributed by atoms with Gasteiger partial charge in [-0.1, -0.05) is 0 Å². The van der Waals surface area contributed by atoms with Gasteiger partial charge in [0.15, 0.2) is 0 Å². The summed E-state index contributed by atoms with van der Waals surface area (Å²) in [4.78, 5) is 11.2. The number of benzene rings is 1. The average molecular weight is 251 g/mol. The molecule has 0 saturated heterocycles. The summed E-state index contributed by atoms with van der Waals surface area (Å²) in [6.07, 6.45) is -5.96. The molecule has 17 heavy (non-hydrogen) atoms. The molecule has 0 radical (unpaired) electrons. The summed E-state index contributed by atoms with van der Waals surface area (Å²) in [6, 6.07) is 1.96. The van der Waals surface area contributed by atoms with Crippen molar-refractivity contribution >= 4 is 6.09 Å². The molecule has 0 aromatic heterocycles. The van der Waals surface area contributed by atoms with E-state index >= 15 is 0 Å². The Morgan fingerprint density at radius 2 is 1.94 bits per heavy atom. The van der Waals surface area contributed by atoms with Crippen molar-refractivity contribution < 1.29 is 27.5 Å². The molecular formula is C10H9F4NO2. The first-order chi connectivity index (χ1) is 7.70. The fourth-order valence-corrected chi connectivity index (χ4v) is 1.25. The maximum absolute atomic E-state index is 12.9. The van der Waals surface area contributed by atoms with Crippen LogP contribution in [0.1, 0.15) is 11.1 Å². The summed E-state index contributed by atoms with van der Waals surface area (Å²) in [6.45, 7) is -0.309. The Balaban J connectivity index is 3.02. The van der Waals surface area contributed by atoms with Gasteiger partial charge in [0.25, 0.3) is 0 Å². The average Bonchev–Trinajstić information content (AvgIpc) is 2.15. The van der Waals surface area contributed by atoms with Crippen LogP contribution in [0.4, 0.5) is 22.4 Å². The number of alkyl halides is 3. The largest absolute Gasteiger partial charge is 0.465 e. The highest BCUT2D eigenvalue weighted by Gasteiger charge is 2.31. The zero-order chi connectivity index (χ0) is 13.2. The molecule has 0 spiro atoms. The number of hydrogen-bond acceptors (Lipinski definition) is 1. The predicted molar refractivity (Wildman–Crippen MR) is 50.9 cm³/mol. The molecular weight excluding hydrogens is 242 g/mol. The van der Waals surface area contributed by atoms with E-state index in [4.69, 9.17) is 5.11 Å². The molecule has 0 fully saturated rings. The second-order valence-electron chi connectivity index (χ2n) is 3.48. The van der Waals surface area contributed by atoms with Gasteiger partial charge in [0.1, 0.15) is 5.82 Å². The monoisotopic (exact) mass is 251 g/mol. The molecule has 0 unspecified atom stereocenters. The number of rotatable bonds is 2. The molecule has 1 aromatic carbocycles. The minimum absolute atomic E-state index is 0.0535. The van der Waals surface area contributed by atoms with Gasteiger partial charge in [0.05, 0.1) is 5.56 Å². The van der Waals surface area contributed by atoms with Crippen molar-refractivity contribution in [2.24, 2.45) is 0 Å². The third kappa shape index (κ3) is 3.61. The number of nitrogens with zero attached hydrogens (tertiary/aromatic N) is 1. The molecule has 0 bridgehead atoms. The summed E-state index contributed by atoms with van der Waals surface area (Å²) < 4.78 is 50.0. The van der Waals surface area contributed by atoms with E-state index in [9.17, 15) is 22.4 Å². The van der Waals surface area contributed by atoms with Crippen LogP contribution in [0.15, 0.2) is 18.2 Å². The summed E-state index contributed by atoms with van der Waals surface area (Å²) >= 11 is 0. The lowest BCUT2D eigenvalue weighted by Gasteiger charge is -2.14. The van der Waals surface area contributed by atoms with E-state index in [0.29, 0.717) is 6.07 Å². The van der Waals surface area contributed by atoms with Gasteiger partial charge in [-0.25, -0.2) is 9.18 Å². The molecule has 0 aliphatic rings. The molecule has 0 aliphatic heterocycles. The smallest absolute Gasteiger partial charge is 0.416 e. The predicted octanol–water partition coefficient (Wildman–Crippen LogP) is 2.95. The third-order valence-electron chi connectivity index (χ3n) is 2.03. The van der Waals surface area contributed by atoms with Crippen LogP contribution in [0.3, 0.4) is 0 Å². The Labute approximate surface area is 94.3 Å². The molecule has 0 heterocycles. The Kier molecular flexibility index (Phi) is 3.59. The zero-order valence-electron chi connectivity index (χ0n) is 8.75. The van der Waals surface area contributed by atoms with Crippen LogP contribution in [0.25, 0.3) is 0 Å². The van der Waals surface area contributed by atoms with Gasteiger partial charge in [-0.15, -0.1) is 0 Å². The molecule has 7 heteroatoms. The van der Waals surface area contributed by atoms with Gasteiger partial charge in [-0.05, 0) is 23.8 Å². The number of halogens is 4. The minimum Gasteiger partial charge on any atom is -0.465 e. The first-order valence-electron chi connectivity index (χ1n) is 4.51. The first-order valence-corrected chi connectivity index (χ1v) is 4.51. The second kappa shape index (κ2) is 4.60. The van der Waals surface area contributed by atoms with Crippen molar-refractivity contribution in [3.63, 3.8) is 0 Å². The van der Waals surface area contributed by atoms with Crippen LogP contribution < -0.4 is 0 Å². The van der Waals surface area contributed by atoms with Gasteiger partial charge in [-0.3, -0.25) is 0 Å². The van der Waals surface area contributed by atoms with E-state index in [1.54, 1.807) is 0 Å². The van der Waals surface area contributed by atoms with Crippen LogP contribution in [0.2, 0.25) is 0 Å². The summed E-state index contributed by atoms with van der Waals surface area (Å²) in [5.74, 6) is -1.05. The van der Waals surface area contributed by atoms with Crippen molar-refractivity contribution in [1.82, 2.24) is 4.90 Å². The van der Waals surface area contributed by atoms with Gasteiger partial charge >= 0.3 is 12.3 Å². The minimum atomic E-state index is -4.65. The lowest BCUT2D eigenvalue weighted by atomic mass is 10.1. The van der Waals surface area contributed by atoms with Crippen molar-refractivity contribution in [3.05, 3.63) is 35.1 Å². The summed E-state index contributed by atoms with van der Waals surface area (Å²) in [7, 11) is 1.18. The molecule has 3 nitrogen and oxygen atoms in total. The van der Waals surface area contributed by atoms with Crippen molar-refractivity contribution in [1.29, 1.82) is 0 Å². The fourth-order valence-electron chi connectivity index (χ4n) is 1.25. The Hall–Kier alpha value is -1.79. The quantitative estimate of drug-likeness (QED) is 0.821. The number of amides is 1. The van der Waals surface area contributed by atoms with Crippen LogP contribution in [0.5, 0.6) is 0 Å². The zero-order valence-corrected chi connectivity index (χ0v) is 8.75. The lowest BCUT2D eigenvalue weighted by molar-refractivity contribution is -0.137. The molecule has 0 aliphatic carbocycles. The first kappa shape index (κ1) is 13.3. The van der Waals surface area contributed by atoms with Crippen LogP contribution >= 0.6 is 0 Å². The van der Waals surface area contributed by atoms with Gasteiger partial charge in [-0.2, -0.15) is 13.2 Å². The van der Waals surface area contributed by atoms with Crippen LogP contribution in [0, 0.1) is 5.82 Å². The van der Waals surface area contributed by atoms with Crippen molar-refractivity contribution in [2.45, 2.75) is 12.7 Å². The van der Waals surface area contributed by atoms with Crippen molar-refractivity contribution in [2.75, 3.05) is 7.05 Å². The molecule has 1 aromatic rings. The van der Waals surface area contributed by atoms with E-state index < -0.39 is 23.7 Å². The van der Waals surface area contributed by atoms with E-state index in [1.165, 1.54) is 7.05 Å². The van der Waals surface area contributed by atoms with E-state index in [2.05, 4.69) is 0 Å². The van der Waals surface area contributed by atoms with E-state index in [1.807, 2.05) is 0 Å². The van der Waals surface area contributed by atoms with E-state index in [-0.39, 0.29) is 12.1 Å². The molecule has 1 rings (SSSR count). The van der Waals surface area contributed by atoms with Crippen LogP contribution in [-0.2, 0) is 12.7 Å². The third-order valence-corrected chi connectivity index (χ3v) is 2.03. The number of hydrogen-bond donors (Lipinski definition) is 1. The van der Waals surface area contributed by atoms with Crippen molar-refractivity contribution in [3.8, 4) is 0 Å². The standard InChI is InChI=1S/C10H9F4NO2/c1-15(9(16)17)5-6-2-7(10(12,13)14)4-8(11)3-6/h2-4H,5H2,1H3,(H,16,17). The number of carboxylic acid groups (broad SMARTS) is 1. The summed E-state index contributed by atoms with van der Waals surface area (Å²) in [5, 5.41) is 8.55. The number of carbonyl (C=O) groups is 1. The molecule has 1 N–H and O–H groups in total. The molecule has 94 valence electrons. The maximum Gasteiger partial charge on any atom is 0.416 e. The highest BCUT2D eigenvalue weighted by Crippen LogP contribution is 2.30. The van der Waals surface area contributed by atoms with Gasteiger partial charge < -0.3 is 10.0 Å². The van der Waals surface area contributed by atoms with Gasteiger partial charge in [0, 0.05) is 13.6 Å². The SMILES string of the molecule is CN(Cc1cc(F)cc(C(F)(F)F)c1)C(=O)O. The summed E-state index contributed by atoms with van der Waals surface area (Å²) in [5.41, 5.74) is -1.19. The van der Waals surface area contributed by atoms with E-state index in [0.717, 1.165) is 17.0 Å². The molecule has 0 atom stereocenters. The topological polar surface area (TPSA) is 40.5 Å². The molecule has 1 amide bonds. The van der Waals surface area contributed by atoms with Gasteiger partial charge in [0.2, 0.25) is 0 Å². The Bertz CT molecular complexity index is 431. The normalized spacial score (nSPS) is 11.4. The second-order valence-corrected chi connectivity index (χ2v) is 3.48. The molecule has 0 saturated carbocycles. The lowest BCUT2D eigenvalue weighted by Crippen LogP contribution is -2.24. The van der Waals surface area contributed by atoms with Crippen LogP contribution in [-0.4, -0.2) is 23.1 Å². The Morgan fingerprint density at radius 3 is 2.41 bits per heavy atom. The fraction of sp³-hybridized carbons (Fsp3) is 0.300.